The van der Waals surface area contributed by atoms with Crippen molar-refractivity contribution >= 4 is 11.8 Å². The molecule has 0 spiro atoms. The molecule has 2 atom stereocenters. The van der Waals surface area contributed by atoms with Gasteiger partial charge in [-0.3, -0.25) is 0 Å². The Labute approximate surface area is 120 Å². The van der Waals surface area contributed by atoms with Crippen molar-refractivity contribution in [3.05, 3.63) is 12.3 Å². The summed E-state index contributed by atoms with van der Waals surface area (Å²) in [6, 6.07) is 1.74. The van der Waals surface area contributed by atoms with Gasteiger partial charge < -0.3 is 11.1 Å². The number of anilines is 2. The number of hydrogen-bond acceptors (Lipinski definition) is 4. The van der Waals surface area contributed by atoms with Crippen LogP contribution >= 0.6 is 0 Å². The first-order chi connectivity index (χ1) is 9.38. The molecular weight excluding hydrogens is 248 g/mol. The summed E-state index contributed by atoms with van der Waals surface area (Å²) in [4.78, 5) is 8.71. The second kappa shape index (κ2) is 3.66. The highest BCUT2D eigenvalue weighted by atomic mass is 15.2. The zero-order valence-electron chi connectivity index (χ0n) is 12.4. The fourth-order valence-corrected chi connectivity index (χ4v) is 6.26. The van der Waals surface area contributed by atoms with Gasteiger partial charge >= 0.3 is 0 Å². The summed E-state index contributed by atoms with van der Waals surface area (Å²) in [5, 5.41) is 3.68. The molecule has 1 heterocycles. The van der Waals surface area contributed by atoms with Crippen LogP contribution in [0.25, 0.3) is 0 Å². The maximum Gasteiger partial charge on any atom is 0.225 e. The maximum atomic E-state index is 5.79. The monoisotopic (exact) mass is 272 g/mol. The minimum atomic E-state index is 0.191. The highest BCUT2D eigenvalue weighted by molar-refractivity contribution is 5.39. The topological polar surface area (TPSA) is 63.8 Å². The van der Waals surface area contributed by atoms with Gasteiger partial charge in [0.2, 0.25) is 5.95 Å². The van der Waals surface area contributed by atoms with Gasteiger partial charge in [-0.1, -0.05) is 13.8 Å². The first-order valence-electron chi connectivity index (χ1n) is 7.75. The van der Waals surface area contributed by atoms with Crippen molar-refractivity contribution in [2.24, 2.45) is 16.7 Å². The molecule has 4 fully saturated rings. The van der Waals surface area contributed by atoms with Crippen molar-refractivity contribution in [3.8, 4) is 0 Å². The van der Waals surface area contributed by atoms with Gasteiger partial charge in [-0.2, -0.15) is 4.98 Å². The maximum absolute atomic E-state index is 5.79. The second-order valence-electron chi connectivity index (χ2n) is 8.34. The van der Waals surface area contributed by atoms with Gasteiger partial charge in [0.1, 0.15) is 5.82 Å². The summed E-state index contributed by atoms with van der Waals surface area (Å²) in [7, 11) is 0. The molecular formula is C16H24N4. The molecule has 0 aromatic carbocycles. The summed E-state index contributed by atoms with van der Waals surface area (Å²) in [5.74, 6) is 2.12. The van der Waals surface area contributed by atoms with Gasteiger partial charge in [0.25, 0.3) is 0 Å². The van der Waals surface area contributed by atoms with Gasteiger partial charge in [0.05, 0.1) is 0 Å². The average Bonchev–Trinajstić information content (AvgIpc) is 2.22. The van der Waals surface area contributed by atoms with Crippen LogP contribution in [-0.2, 0) is 0 Å². The molecule has 4 heteroatoms. The molecule has 0 radical (unpaired) electrons. The summed E-state index contributed by atoms with van der Waals surface area (Å²) in [6.45, 7) is 4.96. The fourth-order valence-electron chi connectivity index (χ4n) is 6.26. The lowest BCUT2D eigenvalue weighted by atomic mass is 9.43. The molecule has 5 rings (SSSR count). The standard InChI is InChI=1S/C16H24N4/c1-14-5-11-6-15(2,8-14)10-16(7-11,9-14)20-13-18-4-3-12(17)19-13/h3-4,11H,5-10H2,1-2H3,(H3,17,18,19,20). The summed E-state index contributed by atoms with van der Waals surface area (Å²) >= 11 is 0. The van der Waals surface area contributed by atoms with Crippen LogP contribution in [0.15, 0.2) is 12.3 Å². The number of rotatable bonds is 2. The molecule has 2 unspecified atom stereocenters. The molecule has 0 amide bonds. The molecule has 20 heavy (non-hydrogen) atoms. The van der Waals surface area contributed by atoms with Gasteiger partial charge in [0, 0.05) is 11.7 Å². The summed E-state index contributed by atoms with van der Waals surface area (Å²) < 4.78 is 0. The number of hydrogen-bond donors (Lipinski definition) is 2. The average molecular weight is 272 g/mol. The summed E-state index contributed by atoms with van der Waals surface area (Å²) in [6.07, 6.45) is 9.73. The second-order valence-corrected chi connectivity index (χ2v) is 8.34. The summed E-state index contributed by atoms with van der Waals surface area (Å²) in [5.41, 5.74) is 6.98. The van der Waals surface area contributed by atoms with E-state index in [2.05, 4.69) is 29.1 Å². The molecule has 4 nitrogen and oxygen atoms in total. The third kappa shape index (κ3) is 1.88. The van der Waals surface area contributed by atoms with Crippen molar-refractivity contribution in [2.75, 3.05) is 11.1 Å². The van der Waals surface area contributed by atoms with E-state index in [0.717, 1.165) is 5.92 Å². The van der Waals surface area contributed by atoms with Crippen LogP contribution in [0.2, 0.25) is 0 Å². The fraction of sp³-hybridized carbons (Fsp3) is 0.750. The van der Waals surface area contributed by atoms with E-state index in [-0.39, 0.29) is 5.54 Å². The first-order valence-corrected chi connectivity index (χ1v) is 7.75. The number of nitrogens with one attached hydrogen (secondary N) is 1. The Morgan fingerprint density at radius 2 is 1.85 bits per heavy atom. The van der Waals surface area contributed by atoms with Gasteiger partial charge in [-0.25, -0.2) is 4.98 Å². The van der Waals surface area contributed by atoms with Crippen LogP contribution < -0.4 is 11.1 Å². The Hall–Kier alpha value is -1.32. The van der Waals surface area contributed by atoms with Crippen LogP contribution in [-0.4, -0.2) is 15.5 Å². The largest absolute Gasteiger partial charge is 0.384 e. The minimum Gasteiger partial charge on any atom is -0.384 e. The normalized spacial score (nSPS) is 45.6. The molecule has 3 N–H and O–H groups in total. The zero-order valence-corrected chi connectivity index (χ0v) is 12.4. The molecule has 0 saturated heterocycles. The van der Waals surface area contributed by atoms with Crippen LogP contribution in [0.5, 0.6) is 0 Å². The SMILES string of the molecule is CC12CC3CC(C)(C1)CC(Nc1nccc(N)n1)(C3)C2. The lowest BCUT2D eigenvalue weighted by Gasteiger charge is -2.65. The molecule has 108 valence electrons. The molecule has 1 aromatic rings. The van der Waals surface area contributed by atoms with E-state index >= 15 is 0 Å². The number of aromatic nitrogens is 2. The Kier molecular flexibility index (Phi) is 2.27. The molecule has 0 aliphatic heterocycles. The lowest BCUT2D eigenvalue weighted by Crippen LogP contribution is -2.61. The lowest BCUT2D eigenvalue weighted by molar-refractivity contribution is -0.0974. The third-order valence-electron chi connectivity index (χ3n) is 5.68. The number of nitrogen functional groups attached to an aromatic ring is 1. The van der Waals surface area contributed by atoms with Crippen LogP contribution in [0.3, 0.4) is 0 Å². The van der Waals surface area contributed by atoms with E-state index in [1.54, 1.807) is 12.3 Å². The van der Waals surface area contributed by atoms with E-state index in [0.29, 0.717) is 22.6 Å². The Bertz CT molecular complexity index is 537. The molecule has 4 aliphatic carbocycles. The van der Waals surface area contributed by atoms with Crippen LogP contribution in [0, 0.1) is 16.7 Å². The van der Waals surface area contributed by atoms with Crippen molar-refractivity contribution in [2.45, 2.75) is 57.9 Å². The van der Waals surface area contributed by atoms with Crippen LogP contribution in [0.1, 0.15) is 52.4 Å². The van der Waals surface area contributed by atoms with E-state index in [9.17, 15) is 0 Å². The van der Waals surface area contributed by atoms with Gasteiger partial charge in [-0.05, 0) is 61.3 Å². The van der Waals surface area contributed by atoms with Gasteiger partial charge in [-0.15, -0.1) is 0 Å². The van der Waals surface area contributed by atoms with E-state index in [1.807, 2.05) is 0 Å². The predicted molar refractivity (Wildman–Crippen MR) is 80.2 cm³/mol. The van der Waals surface area contributed by atoms with E-state index in [4.69, 9.17) is 5.73 Å². The van der Waals surface area contributed by atoms with E-state index < -0.39 is 0 Å². The van der Waals surface area contributed by atoms with Crippen LogP contribution in [0.4, 0.5) is 11.8 Å². The number of nitrogens with two attached hydrogens (primary N) is 1. The molecule has 4 saturated carbocycles. The van der Waals surface area contributed by atoms with Crippen molar-refractivity contribution < 1.29 is 0 Å². The molecule has 1 aromatic heterocycles. The Morgan fingerprint density at radius 3 is 2.45 bits per heavy atom. The number of nitrogens with zero attached hydrogens (tertiary/aromatic N) is 2. The Morgan fingerprint density at radius 1 is 1.15 bits per heavy atom. The minimum absolute atomic E-state index is 0.191. The van der Waals surface area contributed by atoms with Gasteiger partial charge in [0.15, 0.2) is 0 Å². The smallest absolute Gasteiger partial charge is 0.225 e. The third-order valence-corrected chi connectivity index (χ3v) is 5.68. The van der Waals surface area contributed by atoms with Crippen molar-refractivity contribution in [1.82, 2.24) is 9.97 Å². The molecule has 4 aliphatic rings. The van der Waals surface area contributed by atoms with Crippen molar-refractivity contribution in [3.63, 3.8) is 0 Å². The zero-order chi connectivity index (χ0) is 14.0. The predicted octanol–water partition coefficient (Wildman–Crippen LogP) is 3.22. The Balaban J connectivity index is 1.67. The highest BCUT2D eigenvalue weighted by Crippen LogP contribution is 2.66. The quantitative estimate of drug-likeness (QED) is 0.867. The van der Waals surface area contributed by atoms with E-state index in [1.165, 1.54) is 38.5 Å². The van der Waals surface area contributed by atoms with Crippen molar-refractivity contribution in [1.29, 1.82) is 0 Å². The highest BCUT2D eigenvalue weighted by Gasteiger charge is 2.60. The molecule has 4 bridgehead atoms. The first kappa shape index (κ1) is 12.4.